The summed E-state index contributed by atoms with van der Waals surface area (Å²) in [5.74, 6) is 2.10. The molecule has 0 saturated heterocycles. The van der Waals surface area contributed by atoms with Crippen molar-refractivity contribution in [3.05, 3.63) is 11.6 Å². The molecule has 0 radical (unpaired) electrons. The molecule has 0 aliphatic carbocycles. The minimum absolute atomic E-state index is 0.184. The van der Waals surface area contributed by atoms with Crippen LogP contribution in [-0.2, 0) is 17.7 Å². The lowest BCUT2D eigenvalue weighted by atomic mass is 10.0. The van der Waals surface area contributed by atoms with E-state index in [1.54, 1.807) is 7.11 Å². The Bertz CT molecular complexity index is 386. The standard InChI is InChI=1S/C12H22N4O/c1-5-9-11-15-14-10(8-12(2,3)17-4)16(11)7-6-13-9/h9,13H,5-8H2,1-4H3. The van der Waals surface area contributed by atoms with Crippen LogP contribution in [0.25, 0.3) is 0 Å². The molecule has 0 saturated carbocycles. The third kappa shape index (κ3) is 2.50. The lowest BCUT2D eigenvalue weighted by molar-refractivity contribution is 0.0207. The van der Waals surface area contributed by atoms with Crippen molar-refractivity contribution in [2.24, 2.45) is 0 Å². The largest absolute Gasteiger partial charge is 0.378 e. The Morgan fingerprint density at radius 1 is 1.47 bits per heavy atom. The van der Waals surface area contributed by atoms with E-state index in [9.17, 15) is 0 Å². The number of rotatable bonds is 4. The van der Waals surface area contributed by atoms with Crippen molar-refractivity contribution in [3.63, 3.8) is 0 Å². The molecule has 0 spiro atoms. The zero-order valence-corrected chi connectivity index (χ0v) is 11.2. The highest BCUT2D eigenvalue weighted by Gasteiger charge is 2.27. The molecule has 1 aromatic rings. The molecular weight excluding hydrogens is 216 g/mol. The molecule has 2 rings (SSSR count). The maximum absolute atomic E-state index is 5.46. The summed E-state index contributed by atoms with van der Waals surface area (Å²) in [5, 5.41) is 12.1. The molecule has 0 fully saturated rings. The quantitative estimate of drug-likeness (QED) is 0.859. The average molecular weight is 238 g/mol. The maximum Gasteiger partial charge on any atom is 0.150 e. The van der Waals surface area contributed by atoms with Crippen molar-refractivity contribution in [3.8, 4) is 0 Å². The number of ether oxygens (including phenoxy) is 1. The lowest BCUT2D eigenvalue weighted by Crippen LogP contribution is -2.35. The molecule has 1 aliphatic rings. The van der Waals surface area contributed by atoms with Crippen molar-refractivity contribution in [1.82, 2.24) is 20.1 Å². The summed E-state index contributed by atoms with van der Waals surface area (Å²) >= 11 is 0. The van der Waals surface area contributed by atoms with Crippen LogP contribution in [0.2, 0.25) is 0 Å². The average Bonchev–Trinajstić information content (AvgIpc) is 2.72. The first-order chi connectivity index (χ1) is 8.07. The van der Waals surface area contributed by atoms with Gasteiger partial charge in [-0.2, -0.15) is 0 Å². The van der Waals surface area contributed by atoms with Crippen molar-refractivity contribution in [1.29, 1.82) is 0 Å². The Morgan fingerprint density at radius 3 is 2.88 bits per heavy atom. The maximum atomic E-state index is 5.46. The van der Waals surface area contributed by atoms with Crippen LogP contribution in [0.3, 0.4) is 0 Å². The fourth-order valence-electron chi connectivity index (χ4n) is 2.20. The zero-order valence-electron chi connectivity index (χ0n) is 11.2. The number of hydrogen-bond donors (Lipinski definition) is 1. The molecular formula is C12H22N4O. The van der Waals surface area contributed by atoms with Gasteiger partial charge in [0.2, 0.25) is 0 Å². The third-order valence-corrected chi connectivity index (χ3v) is 3.44. The smallest absolute Gasteiger partial charge is 0.150 e. The van der Waals surface area contributed by atoms with Crippen LogP contribution in [0.15, 0.2) is 0 Å². The fourth-order valence-corrected chi connectivity index (χ4v) is 2.20. The van der Waals surface area contributed by atoms with Gasteiger partial charge in [-0.15, -0.1) is 10.2 Å². The van der Waals surface area contributed by atoms with Crippen LogP contribution in [0, 0.1) is 0 Å². The van der Waals surface area contributed by atoms with Crippen LogP contribution in [0.5, 0.6) is 0 Å². The Morgan fingerprint density at radius 2 is 2.24 bits per heavy atom. The van der Waals surface area contributed by atoms with Gasteiger partial charge < -0.3 is 14.6 Å². The Balaban J connectivity index is 2.23. The summed E-state index contributed by atoms with van der Waals surface area (Å²) in [5.41, 5.74) is -0.184. The monoisotopic (exact) mass is 238 g/mol. The van der Waals surface area contributed by atoms with Crippen LogP contribution in [-0.4, -0.2) is 34.0 Å². The lowest BCUT2D eigenvalue weighted by Gasteiger charge is -2.26. The second kappa shape index (κ2) is 4.74. The van der Waals surface area contributed by atoms with E-state index in [1.165, 1.54) is 0 Å². The summed E-state index contributed by atoms with van der Waals surface area (Å²) in [7, 11) is 1.74. The number of nitrogens with zero attached hydrogens (tertiary/aromatic N) is 3. The minimum Gasteiger partial charge on any atom is -0.378 e. The highest BCUT2D eigenvalue weighted by atomic mass is 16.5. The van der Waals surface area contributed by atoms with Crippen LogP contribution in [0.4, 0.5) is 0 Å². The van der Waals surface area contributed by atoms with Gasteiger partial charge in [-0.25, -0.2) is 0 Å². The van der Waals surface area contributed by atoms with Gasteiger partial charge in [0, 0.05) is 26.6 Å². The number of nitrogens with one attached hydrogen (secondary N) is 1. The van der Waals surface area contributed by atoms with Crippen molar-refractivity contribution in [2.45, 2.75) is 51.8 Å². The first-order valence-corrected chi connectivity index (χ1v) is 6.28. The fraction of sp³-hybridized carbons (Fsp3) is 0.833. The Kier molecular flexibility index (Phi) is 3.49. The van der Waals surface area contributed by atoms with Gasteiger partial charge in [-0.1, -0.05) is 6.92 Å². The van der Waals surface area contributed by atoms with Crippen molar-refractivity contribution >= 4 is 0 Å². The van der Waals surface area contributed by atoms with E-state index in [0.717, 1.165) is 37.6 Å². The van der Waals surface area contributed by atoms with Gasteiger partial charge in [0.25, 0.3) is 0 Å². The highest BCUT2D eigenvalue weighted by Crippen LogP contribution is 2.22. The normalized spacial score (nSPS) is 20.4. The molecule has 0 bridgehead atoms. The first kappa shape index (κ1) is 12.5. The molecule has 96 valence electrons. The molecule has 1 atom stereocenters. The molecule has 0 amide bonds. The summed E-state index contributed by atoms with van der Waals surface area (Å²) in [6.45, 7) is 8.26. The van der Waals surface area contributed by atoms with Gasteiger partial charge in [-0.3, -0.25) is 0 Å². The molecule has 0 aromatic carbocycles. The molecule has 1 aromatic heterocycles. The molecule has 1 N–H and O–H groups in total. The molecule has 5 nitrogen and oxygen atoms in total. The predicted molar refractivity (Wildman–Crippen MR) is 65.8 cm³/mol. The van der Waals surface area contributed by atoms with E-state index in [-0.39, 0.29) is 5.60 Å². The van der Waals surface area contributed by atoms with Gasteiger partial charge >= 0.3 is 0 Å². The van der Waals surface area contributed by atoms with Crippen molar-refractivity contribution in [2.75, 3.05) is 13.7 Å². The second-order valence-corrected chi connectivity index (χ2v) is 5.18. The van der Waals surface area contributed by atoms with E-state index in [0.29, 0.717) is 6.04 Å². The molecule has 5 heteroatoms. The van der Waals surface area contributed by atoms with Gasteiger partial charge in [0.1, 0.15) is 11.6 Å². The summed E-state index contributed by atoms with van der Waals surface area (Å²) in [6, 6.07) is 0.343. The van der Waals surface area contributed by atoms with Crippen molar-refractivity contribution < 1.29 is 4.74 Å². The molecule has 1 unspecified atom stereocenters. The third-order valence-electron chi connectivity index (χ3n) is 3.44. The van der Waals surface area contributed by atoms with Crippen LogP contribution < -0.4 is 5.32 Å². The first-order valence-electron chi connectivity index (χ1n) is 6.28. The topological polar surface area (TPSA) is 52.0 Å². The zero-order chi connectivity index (χ0) is 12.5. The van der Waals surface area contributed by atoms with E-state index < -0.39 is 0 Å². The summed E-state index contributed by atoms with van der Waals surface area (Å²) in [6.07, 6.45) is 1.85. The Labute approximate surface area is 103 Å². The predicted octanol–water partition coefficient (Wildman–Crippen LogP) is 1.30. The van der Waals surface area contributed by atoms with E-state index in [1.807, 2.05) is 0 Å². The van der Waals surface area contributed by atoms with E-state index in [2.05, 4.69) is 40.9 Å². The van der Waals surface area contributed by atoms with Gasteiger partial charge in [0.15, 0.2) is 0 Å². The number of aromatic nitrogens is 3. The Hall–Kier alpha value is -0.940. The highest BCUT2D eigenvalue weighted by molar-refractivity contribution is 5.06. The summed E-state index contributed by atoms with van der Waals surface area (Å²) < 4.78 is 7.70. The summed E-state index contributed by atoms with van der Waals surface area (Å²) in [4.78, 5) is 0. The molecule has 1 aliphatic heterocycles. The van der Waals surface area contributed by atoms with Crippen LogP contribution in [0.1, 0.15) is 44.9 Å². The van der Waals surface area contributed by atoms with E-state index >= 15 is 0 Å². The second-order valence-electron chi connectivity index (χ2n) is 5.18. The van der Waals surface area contributed by atoms with Crippen LogP contribution >= 0.6 is 0 Å². The molecule has 17 heavy (non-hydrogen) atoms. The molecule has 2 heterocycles. The minimum atomic E-state index is -0.184. The number of hydrogen-bond acceptors (Lipinski definition) is 4. The number of fused-ring (bicyclic) bond motifs is 1. The SMILES string of the molecule is CCC1NCCn2c(CC(C)(C)OC)nnc21. The van der Waals surface area contributed by atoms with Gasteiger partial charge in [-0.05, 0) is 20.3 Å². The van der Waals surface area contributed by atoms with E-state index in [4.69, 9.17) is 4.74 Å². The number of methoxy groups -OCH3 is 1. The van der Waals surface area contributed by atoms with Gasteiger partial charge in [0.05, 0.1) is 11.6 Å².